The van der Waals surface area contributed by atoms with Gasteiger partial charge in [-0.2, -0.15) is 0 Å². The maximum absolute atomic E-state index is 14.1. The number of anilines is 1. The predicted octanol–water partition coefficient (Wildman–Crippen LogP) is 4.07. The molecule has 0 saturated carbocycles. The van der Waals surface area contributed by atoms with Crippen molar-refractivity contribution >= 4 is 46.5 Å². The van der Waals surface area contributed by atoms with Gasteiger partial charge in [0.05, 0.1) is 5.52 Å². The van der Waals surface area contributed by atoms with E-state index in [4.69, 9.17) is 0 Å². The van der Waals surface area contributed by atoms with Crippen LogP contribution < -0.4 is 15.5 Å². The van der Waals surface area contributed by atoms with E-state index in [9.17, 15) is 8.78 Å². The topological polar surface area (TPSA) is 52.6 Å². The highest BCUT2D eigenvalue weighted by Gasteiger charge is 2.27. The van der Waals surface area contributed by atoms with Crippen molar-refractivity contribution in [2.45, 2.75) is 19.0 Å². The van der Waals surface area contributed by atoms with Crippen molar-refractivity contribution in [2.75, 3.05) is 25.0 Å². The number of fused-ring (bicyclic) bond motifs is 1. The Balaban J connectivity index is 0.00000256. The molecule has 3 aromatic rings. The third-order valence-corrected chi connectivity index (χ3v) is 5.19. The number of hydrogen-bond donors (Lipinski definition) is 2. The summed E-state index contributed by atoms with van der Waals surface area (Å²) in [6, 6.07) is 14.0. The zero-order valence-electron chi connectivity index (χ0n) is 16.6. The molecule has 0 amide bonds. The highest BCUT2D eigenvalue weighted by atomic mass is 127. The molecule has 1 aromatic heterocycles. The minimum Gasteiger partial charge on any atom is -0.365 e. The number of aromatic nitrogens is 1. The van der Waals surface area contributed by atoms with Crippen LogP contribution in [0.3, 0.4) is 0 Å². The fourth-order valence-electron chi connectivity index (χ4n) is 3.75. The van der Waals surface area contributed by atoms with E-state index in [1.54, 1.807) is 18.1 Å². The molecule has 158 valence electrons. The number of nitrogens with zero attached hydrogens (tertiary/aromatic N) is 3. The lowest BCUT2D eigenvalue weighted by atomic mass is 10.1. The van der Waals surface area contributed by atoms with Crippen LogP contribution >= 0.6 is 24.0 Å². The van der Waals surface area contributed by atoms with Gasteiger partial charge >= 0.3 is 0 Å². The molecule has 30 heavy (non-hydrogen) atoms. The van der Waals surface area contributed by atoms with E-state index < -0.39 is 11.6 Å². The molecular formula is C22H24F2IN5. The summed E-state index contributed by atoms with van der Waals surface area (Å²) < 4.78 is 28.1. The summed E-state index contributed by atoms with van der Waals surface area (Å²) in [5, 5.41) is 7.78. The van der Waals surface area contributed by atoms with E-state index in [-0.39, 0.29) is 35.7 Å². The smallest absolute Gasteiger partial charge is 0.191 e. The minimum absolute atomic E-state index is 0. The molecule has 8 heteroatoms. The number of nitrogens with one attached hydrogen (secondary N) is 2. The molecule has 0 spiro atoms. The molecule has 1 aliphatic rings. The van der Waals surface area contributed by atoms with Gasteiger partial charge in [0.25, 0.3) is 0 Å². The van der Waals surface area contributed by atoms with Crippen molar-refractivity contribution in [2.24, 2.45) is 4.99 Å². The van der Waals surface area contributed by atoms with Crippen LogP contribution in [-0.2, 0) is 6.54 Å². The van der Waals surface area contributed by atoms with Crippen LogP contribution in [0.1, 0.15) is 12.0 Å². The molecule has 1 unspecified atom stereocenters. The Morgan fingerprint density at radius 2 is 1.90 bits per heavy atom. The molecule has 2 heterocycles. The minimum atomic E-state index is -0.530. The largest absolute Gasteiger partial charge is 0.365 e. The number of guanidine groups is 1. The Labute approximate surface area is 191 Å². The first-order valence-corrected chi connectivity index (χ1v) is 9.64. The Morgan fingerprint density at radius 1 is 1.13 bits per heavy atom. The van der Waals surface area contributed by atoms with Crippen LogP contribution in [0.15, 0.2) is 59.7 Å². The SMILES string of the molecule is CN=C(NCc1ccnc2ccccc12)NC1CCN(c2c(F)cccc2F)C1.I. The van der Waals surface area contributed by atoms with Crippen molar-refractivity contribution in [3.05, 3.63) is 71.9 Å². The van der Waals surface area contributed by atoms with E-state index in [1.807, 2.05) is 30.3 Å². The monoisotopic (exact) mass is 523 g/mol. The first kappa shape index (κ1) is 22.2. The quantitative estimate of drug-likeness (QED) is 0.308. The van der Waals surface area contributed by atoms with Crippen LogP contribution in [0.2, 0.25) is 0 Å². The lowest BCUT2D eigenvalue weighted by molar-refractivity contribution is 0.576. The second-order valence-corrected chi connectivity index (χ2v) is 7.06. The highest BCUT2D eigenvalue weighted by molar-refractivity contribution is 14.0. The average Bonchev–Trinajstić information content (AvgIpc) is 3.19. The second kappa shape index (κ2) is 10.0. The lowest BCUT2D eigenvalue weighted by Gasteiger charge is -2.21. The van der Waals surface area contributed by atoms with Gasteiger partial charge in [-0.25, -0.2) is 8.78 Å². The number of pyridine rings is 1. The molecule has 2 aromatic carbocycles. The van der Waals surface area contributed by atoms with Crippen LogP contribution in [0.25, 0.3) is 10.9 Å². The Bertz CT molecular complexity index is 1020. The number of hydrogen-bond acceptors (Lipinski definition) is 3. The van der Waals surface area contributed by atoms with E-state index >= 15 is 0 Å². The summed E-state index contributed by atoms with van der Waals surface area (Å²) in [5.74, 6) is -0.401. The van der Waals surface area contributed by atoms with Gasteiger partial charge in [-0.05, 0) is 36.2 Å². The van der Waals surface area contributed by atoms with Gasteiger partial charge in [0.15, 0.2) is 5.96 Å². The molecule has 0 aliphatic carbocycles. The van der Waals surface area contributed by atoms with Gasteiger partial charge in [0.1, 0.15) is 17.3 Å². The van der Waals surface area contributed by atoms with E-state index in [1.165, 1.54) is 18.2 Å². The van der Waals surface area contributed by atoms with E-state index in [0.717, 1.165) is 22.9 Å². The van der Waals surface area contributed by atoms with Crippen molar-refractivity contribution in [1.82, 2.24) is 15.6 Å². The summed E-state index contributed by atoms with van der Waals surface area (Å²) in [5.41, 5.74) is 2.12. The van der Waals surface area contributed by atoms with Crippen molar-refractivity contribution in [3.63, 3.8) is 0 Å². The standard InChI is InChI=1S/C22H23F2N5.HI/c1-25-22(27-13-15-9-11-26-20-8-3-2-5-17(15)20)28-16-10-12-29(14-16)21-18(23)6-4-7-19(21)24;/h2-9,11,16H,10,12-14H2,1H3,(H2,25,27,28);1H. The zero-order valence-corrected chi connectivity index (χ0v) is 18.9. The Kier molecular flexibility index (Phi) is 7.41. The molecule has 2 N–H and O–H groups in total. The molecule has 5 nitrogen and oxygen atoms in total. The van der Waals surface area contributed by atoms with Gasteiger partial charge in [0.2, 0.25) is 0 Å². The van der Waals surface area contributed by atoms with Crippen molar-refractivity contribution in [1.29, 1.82) is 0 Å². The molecule has 4 rings (SSSR count). The molecule has 1 saturated heterocycles. The normalized spacial score (nSPS) is 16.4. The zero-order chi connectivity index (χ0) is 20.2. The first-order chi connectivity index (χ1) is 14.2. The number of para-hydroxylation sites is 2. The second-order valence-electron chi connectivity index (χ2n) is 7.06. The van der Waals surface area contributed by atoms with E-state index in [2.05, 4.69) is 20.6 Å². The van der Waals surface area contributed by atoms with Gasteiger partial charge < -0.3 is 15.5 Å². The summed E-state index contributed by atoms with van der Waals surface area (Å²) >= 11 is 0. The van der Waals surface area contributed by atoms with Crippen LogP contribution in [-0.4, -0.2) is 37.1 Å². The van der Waals surface area contributed by atoms with Crippen LogP contribution in [0, 0.1) is 11.6 Å². The molecule has 1 aliphatic heterocycles. The van der Waals surface area contributed by atoms with E-state index in [0.29, 0.717) is 25.6 Å². The number of aliphatic imine (C=N–C) groups is 1. The average molecular weight is 523 g/mol. The van der Waals surface area contributed by atoms with Gasteiger partial charge in [-0.15, -0.1) is 24.0 Å². The number of halogens is 3. The van der Waals surface area contributed by atoms with Crippen LogP contribution in [0.4, 0.5) is 14.5 Å². The summed E-state index contributed by atoms with van der Waals surface area (Å²) in [6.07, 6.45) is 2.57. The maximum Gasteiger partial charge on any atom is 0.191 e. The van der Waals surface area contributed by atoms with Gasteiger partial charge in [0, 0.05) is 44.3 Å². The molecule has 0 bridgehead atoms. The van der Waals surface area contributed by atoms with Gasteiger partial charge in [-0.3, -0.25) is 9.98 Å². The summed E-state index contributed by atoms with van der Waals surface area (Å²) in [4.78, 5) is 10.4. The Morgan fingerprint density at radius 3 is 2.67 bits per heavy atom. The maximum atomic E-state index is 14.1. The fraction of sp³-hybridized carbons (Fsp3) is 0.273. The first-order valence-electron chi connectivity index (χ1n) is 9.64. The fourth-order valence-corrected chi connectivity index (χ4v) is 3.75. The summed E-state index contributed by atoms with van der Waals surface area (Å²) in [7, 11) is 1.71. The van der Waals surface area contributed by atoms with Crippen molar-refractivity contribution < 1.29 is 8.78 Å². The molecule has 1 fully saturated rings. The molecular weight excluding hydrogens is 499 g/mol. The molecule has 0 radical (unpaired) electrons. The van der Waals surface area contributed by atoms with Gasteiger partial charge in [-0.1, -0.05) is 24.3 Å². The summed E-state index contributed by atoms with van der Waals surface area (Å²) in [6.45, 7) is 1.69. The molecule has 1 atom stereocenters. The van der Waals surface area contributed by atoms with Crippen molar-refractivity contribution in [3.8, 4) is 0 Å². The Hall–Kier alpha value is -2.49. The lowest BCUT2D eigenvalue weighted by Crippen LogP contribution is -2.44. The third kappa shape index (κ3) is 4.80. The highest BCUT2D eigenvalue weighted by Crippen LogP contribution is 2.26. The van der Waals surface area contributed by atoms with Crippen LogP contribution in [0.5, 0.6) is 0 Å². The number of benzene rings is 2. The third-order valence-electron chi connectivity index (χ3n) is 5.19. The predicted molar refractivity (Wildman–Crippen MR) is 127 cm³/mol. The number of rotatable bonds is 4.